The second kappa shape index (κ2) is 7.40. The third-order valence-electron chi connectivity index (χ3n) is 5.34. The Morgan fingerprint density at radius 1 is 1.18 bits per heavy atom. The molecule has 0 saturated carbocycles. The fourth-order valence-electron chi connectivity index (χ4n) is 4.12. The van der Waals surface area contributed by atoms with E-state index in [4.69, 9.17) is 11.6 Å². The predicted octanol–water partition coefficient (Wildman–Crippen LogP) is 4.76. The van der Waals surface area contributed by atoms with Crippen LogP contribution in [0.3, 0.4) is 0 Å². The summed E-state index contributed by atoms with van der Waals surface area (Å²) in [5.74, 6) is -0.305. The maximum Gasteiger partial charge on any atom is 0.254 e. The van der Waals surface area contributed by atoms with Crippen molar-refractivity contribution < 1.29 is 9.18 Å². The van der Waals surface area contributed by atoms with E-state index in [9.17, 15) is 9.18 Å². The number of imidazole rings is 1. The van der Waals surface area contributed by atoms with E-state index in [2.05, 4.69) is 11.9 Å². The van der Waals surface area contributed by atoms with Crippen molar-refractivity contribution in [3.05, 3.63) is 88.7 Å². The van der Waals surface area contributed by atoms with Crippen molar-refractivity contribution in [2.45, 2.75) is 38.4 Å². The van der Waals surface area contributed by atoms with Crippen LogP contribution in [-0.2, 0) is 23.4 Å². The largest absolute Gasteiger partial charge is 0.330 e. The third kappa shape index (κ3) is 3.00. The molecule has 2 heterocycles. The smallest absolute Gasteiger partial charge is 0.254 e. The van der Waals surface area contributed by atoms with Gasteiger partial charge in [0.2, 0.25) is 0 Å². The number of hydrogen-bond acceptors (Lipinski definition) is 2. The lowest BCUT2D eigenvalue weighted by Crippen LogP contribution is -2.55. The Morgan fingerprint density at radius 3 is 2.64 bits per heavy atom. The molecule has 6 heteroatoms. The Labute approximate surface area is 168 Å². The second-order valence-corrected chi connectivity index (χ2v) is 7.54. The molecule has 0 bridgehead atoms. The van der Waals surface area contributed by atoms with Gasteiger partial charge in [0.25, 0.3) is 5.91 Å². The van der Waals surface area contributed by atoms with E-state index in [1.165, 1.54) is 12.1 Å². The number of aromatic nitrogens is 2. The van der Waals surface area contributed by atoms with E-state index in [0.29, 0.717) is 24.5 Å². The summed E-state index contributed by atoms with van der Waals surface area (Å²) in [7, 11) is 0. The molecule has 144 valence electrons. The summed E-state index contributed by atoms with van der Waals surface area (Å²) in [5.41, 5.74) is 1.69. The lowest BCUT2D eigenvalue weighted by Gasteiger charge is -2.44. The third-order valence-corrected chi connectivity index (χ3v) is 5.67. The topological polar surface area (TPSA) is 38.1 Å². The average molecular weight is 398 g/mol. The minimum atomic E-state index is -0.933. The van der Waals surface area contributed by atoms with Gasteiger partial charge in [-0.2, -0.15) is 0 Å². The highest BCUT2D eigenvalue weighted by atomic mass is 35.5. The van der Waals surface area contributed by atoms with Gasteiger partial charge >= 0.3 is 0 Å². The van der Waals surface area contributed by atoms with E-state index in [0.717, 1.165) is 23.2 Å². The first-order valence-electron chi connectivity index (χ1n) is 9.37. The summed E-state index contributed by atoms with van der Waals surface area (Å²) in [4.78, 5) is 20.0. The highest BCUT2D eigenvalue weighted by molar-refractivity contribution is 6.31. The van der Waals surface area contributed by atoms with E-state index in [1.807, 2.05) is 33.7 Å². The molecule has 3 aromatic rings. The van der Waals surface area contributed by atoms with Crippen LogP contribution in [0.5, 0.6) is 0 Å². The Kier molecular flexibility index (Phi) is 4.94. The van der Waals surface area contributed by atoms with Gasteiger partial charge in [0, 0.05) is 23.3 Å². The van der Waals surface area contributed by atoms with Crippen molar-refractivity contribution in [2.75, 3.05) is 0 Å². The molecule has 4 nitrogen and oxygen atoms in total. The van der Waals surface area contributed by atoms with Gasteiger partial charge in [0.05, 0.1) is 18.6 Å². The number of carbonyl (C=O) groups excluding carboxylic acids is 1. The van der Waals surface area contributed by atoms with Crippen molar-refractivity contribution >= 4 is 17.5 Å². The molecular formula is C22H21ClFN3O. The van der Waals surface area contributed by atoms with Gasteiger partial charge in [0.1, 0.15) is 5.82 Å². The summed E-state index contributed by atoms with van der Waals surface area (Å²) in [5, 5.41) is 0.563. The Bertz CT molecular complexity index is 1000. The average Bonchev–Trinajstić information content (AvgIpc) is 3.16. The van der Waals surface area contributed by atoms with Crippen LogP contribution in [0.15, 0.2) is 61.1 Å². The zero-order valence-electron chi connectivity index (χ0n) is 15.6. The maximum atomic E-state index is 13.9. The maximum absolute atomic E-state index is 13.9. The molecule has 1 aliphatic heterocycles. The van der Waals surface area contributed by atoms with Crippen molar-refractivity contribution in [3.63, 3.8) is 0 Å². The molecule has 0 spiro atoms. The van der Waals surface area contributed by atoms with Crippen LogP contribution in [-0.4, -0.2) is 20.4 Å². The number of benzene rings is 2. The van der Waals surface area contributed by atoms with Crippen LogP contribution in [0, 0.1) is 5.82 Å². The fraction of sp³-hybridized carbons (Fsp3) is 0.273. The number of halogens is 2. The number of nitrogens with zero attached hydrogens (tertiary/aromatic N) is 3. The fourth-order valence-corrected chi connectivity index (χ4v) is 4.41. The number of hydrogen-bond donors (Lipinski definition) is 0. The van der Waals surface area contributed by atoms with Crippen molar-refractivity contribution in [2.24, 2.45) is 0 Å². The van der Waals surface area contributed by atoms with Gasteiger partial charge in [-0.1, -0.05) is 55.3 Å². The van der Waals surface area contributed by atoms with Crippen molar-refractivity contribution in [1.82, 2.24) is 14.5 Å². The lowest BCUT2D eigenvalue weighted by atomic mass is 9.81. The van der Waals surface area contributed by atoms with Crippen LogP contribution >= 0.6 is 11.6 Å². The Balaban J connectivity index is 1.83. The molecule has 0 radical (unpaired) electrons. The Morgan fingerprint density at radius 2 is 1.93 bits per heavy atom. The first kappa shape index (κ1) is 18.7. The minimum absolute atomic E-state index is 0.0164. The summed E-state index contributed by atoms with van der Waals surface area (Å²) in [6.45, 7) is 2.91. The SMILES string of the molecule is CCC[C@]1(c2ccccc2Cl)C(=O)N(Cc2ccc(F)cc2)Cc2cncn21. The van der Waals surface area contributed by atoms with Crippen molar-refractivity contribution in [3.8, 4) is 0 Å². The molecule has 28 heavy (non-hydrogen) atoms. The molecule has 2 aromatic carbocycles. The number of carbonyl (C=O) groups is 1. The number of rotatable bonds is 5. The van der Waals surface area contributed by atoms with Crippen LogP contribution in [0.2, 0.25) is 5.02 Å². The summed E-state index contributed by atoms with van der Waals surface area (Å²) in [6, 6.07) is 13.8. The zero-order valence-corrected chi connectivity index (χ0v) is 16.4. The molecule has 0 fully saturated rings. The van der Waals surface area contributed by atoms with Gasteiger partial charge < -0.3 is 9.47 Å². The first-order chi connectivity index (χ1) is 13.6. The second-order valence-electron chi connectivity index (χ2n) is 7.13. The quantitative estimate of drug-likeness (QED) is 0.622. The summed E-state index contributed by atoms with van der Waals surface area (Å²) in [6.07, 6.45) is 4.94. The number of amides is 1. The molecule has 0 saturated heterocycles. The molecule has 4 rings (SSSR count). The van der Waals surface area contributed by atoms with Crippen LogP contribution in [0.4, 0.5) is 4.39 Å². The summed E-state index contributed by atoms with van der Waals surface area (Å²) < 4.78 is 15.3. The van der Waals surface area contributed by atoms with E-state index in [1.54, 1.807) is 24.7 Å². The minimum Gasteiger partial charge on any atom is -0.330 e. The number of fused-ring (bicyclic) bond motifs is 1. The monoisotopic (exact) mass is 397 g/mol. The normalized spacial score (nSPS) is 19.0. The van der Waals surface area contributed by atoms with Gasteiger partial charge in [-0.05, 0) is 30.2 Å². The molecule has 1 amide bonds. The lowest BCUT2D eigenvalue weighted by molar-refractivity contribution is -0.143. The molecular weight excluding hydrogens is 377 g/mol. The van der Waals surface area contributed by atoms with Crippen molar-refractivity contribution in [1.29, 1.82) is 0 Å². The van der Waals surface area contributed by atoms with Crippen LogP contribution < -0.4 is 0 Å². The highest BCUT2D eigenvalue weighted by Crippen LogP contribution is 2.41. The zero-order chi connectivity index (χ0) is 19.7. The molecule has 0 N–H and O–H groups in total. The first-order valence-corrected chi connectivity index (χ1v) is 9.74. The standard InChI is InChI=1S/C22H21ClFN3O/c1-2-11-22(19-5-3-4-6-20(19)23)21(28)26(14-18-12-25-15-27(18)22)13-16-7-9-17(24)10-8-16/h3-10,12,15H,2,11,13-14H2,1H3/t22-/m0/s1. The summed E-state index contributed by atoms with van der Waals surface area (Å²) >= 11 is 6.56. The highest BCUT2D eigenvalue weighted by Gasteiger charge is 2.48. The molecule has 1 aliphatic rings. The van der Waals surface area contributed by atoms with E-state index in [-0.39, 0.29) is 11.7 Å². The van der Waals surface area contributed by atoms with Gasteiger partial charge in [-0.3, -0.25) is 4.79 Å². The predicted molar refractivity (Wildman–Crippen MR) is 106 cm³/mol. The molecule has 1 aromatic heterocycles. The van der Waals surface area contributed by atoms with Crippen LogP contribution in [0.25, 0.3) is 0 Å². The van der Waals surface area contributed by atoms with E-state index >= 15 is 0 Å². The van der Waals surface area contributed by atoms with E-state index < -0.39 is 5.54 Å². The Hall–Kier alpha value is -2.66. The molecule has 0 aliphatic carbocycles. The molecule has 0 unspecified atom stereocenters. The van der Waals surface area contributed by atoms with Gasteiger partial charge in [0.15, 0.2) is 5.54 Å². The van der Waals surface area contributed by atoms with Crippen LogP contribution in [0.1, 0.15) is 36.6 Å². The van der Waals surface area contributed by atoms with Gasteiger partial charge in [-0.25, -0.2) is 9.37 Å². The van der Waals surface area contributed by atoms with Gasteiger partial charge in [-0.15, -0.1) is 0 Å². The molecule has 1 atom stereocenters.